The lowest BCUT2D eigenvalue weighted by Crippen LogP contribution is -1.98. The zero-order chi connectivity index (χ0) is 13.4. The Labute approximate surface area is 117 Å². The van der Waals surface area contributed by atoms with Crippen molar-refractivity contribution in [1.82, 2.24) is 0 Å². The maximum Gasteiger partial charge on any atom is 0.219 e. The predicted molar refractivity (Wildman–Crippen MR) is 80.6 cm³/mol. The summed E-state index contributed by atoms with van der Waals surface area (Å²) < 4.78 is 0. The Balaban J connectivity index is 2.62. The molecule has 1 rings (SSSR count). The molecule has 0 amide bonds. The van der Waals surface area contributed by atoms with E-state index in [0.717, 1.165) is 24.3 Å². The zero-order valence-corrected chi connectivity index (χ0v) is 12.4. The molecule has 0 atom stereocenters. The van der Waals surface area contributed by atoms with Crippen LogP contribution in [-0.4, -0.2) is 21.7 Å². The first kappa shape index (κ1) is 15.3. The van der Waals surface area contributed by atoms with Gasteiger partial charge in [0.1, 0.15) is 0 Å². The molecular formula is C14H18O2S2. The van der Waals surface area contributed by atoms with Crippen LogP contribution in [0.1, 0.15) is 47.4 Å². The number of rotatable bonds is 6. The molecule has 0 aromatic heterocycles. The molecule has 0 spiro atoms. The van der Waals surface area contributed by atoms with E-state index in [1.54, 1.807) is 24.3 Å². The van der Waals surface area contributed by atoms with Gasteiger partial charge in [0.15, 0.2) is 0 Å². The van der Waals surface area contributed by atoms with E-state index >= 15 is 0 Å². The molecule has 0 heterocycles. The molecule has 0 radical (unpaired) electrons. The molecule has 1 aromatic carbocycles. The summed E-state index contributed by atoms with van der Waals surface area (Å²) in [6.45, 7) is 4.10. The Morgan fingerprint density at radius 2 is 1.17 bits per heavy atom. The number of carbonyl (C=O) groups excluding carboxylic acids is 2. The van der Waals surface area contributed by atoms with Gasteiger partial charge in [0.05, 0.1) is 0 Å². The van der Waals surface area contributed by atoms with Gasteiger partial charge >= 0.3 is 0 Å². The summed E-state index contributed by atoms with van der Waals surface area (Å²) in [5.41, 5.74) is 1.34. The maximum absolute atomic E-state index is 11.7. The van der Waals surface area contributed by atoms with E-state index in [4.69, 9.17) is 0 Å². The molecule has 0 saturated heterocycles. The number of carbonyl (C=O) groups is 2. The average Bonchev–Trinajstić information content (AvgIpc) is 2.42. The summed E-state index contributed by atoms with van der Waals surface area (Å²) in [5.74, 6) is 1.68. The minimum atomic E-state index is 0.0806. The van der Waals surface area contributed by atoms with Gasteiger partial charge in [-0.2, -0.15) is 0 Å². The van der Waals surface area contributed by atoms with E-state index in [9.17, 15) is 9.59 Å². The molecule has 0 N–H and O–H groups in total. The van der Waals surface area contributed by atoms with Crippen LogP contribution >= 0.6 is 23.5 Å². The fourth-order valence-electron chi connectivity index (χ4n) is 1.30. The van der Waals surface area contributed by atoms with Gasteiger partial charge in [-0.25, -0.2) is 0 Å². The van der Waals surface area contributed by atoms with Crippen LogP contribution in [0.25, 0.3) is 0 Å². The smallest absolute Gasteiger partial charge is 0.219 e. The number of thioether (sulfide) groups is 2. The molecule has 1 aromatic rings. The lowest BCUT2D eigenvalue weighted by atomic mass is 10.2. The van der Waals surface area contributed by atoms with Crippen molar-refractivity contribution in [3.63, 3.8) is 0 Å². The maximum atomic E-state index is 11.7. The summed E-state index contributed by atoms with van der Waals surface area (Å²) in [6, 6.07) is 6.96. The van der Waals surface area contributed by atoms with Gasteiger partial charge in [-0.1, -0.05) is 37.4 Å². The molecule has 2 nitrogen and oxygen atoms in total. The Kier molecular flexibility index (Phi) is 7.13. The monoisotopic (exact) mass is 282 g/mol. The van der Waals surface area contributed by atoms with Gasteiger partial charge in [-0.05, 0) is 37.1 Å². The molecule has 4 heteroatoms. The van der Waals surface area contributed by atoms with Gasteiger partial charge in [0.2, 0.25) is 10.2 Å². The van der Waals surface area contributed by atoms with Crippen LogP contribution < -0.4 is 0 Å². The van der Waals surface area contributed by atoms with Gasteiger partial charge in [-0.3, -0.25) is 9.59 Å². The van der Waals surface area contributed by atoms with E-state index in [2.05, 4.69) is 0 Å². The summed E-state index contributed by atoms with van der Waals surface area (Å²) >= 11 is 2.66. The summed E-state index contributed by atoms with van der Waals surface area (Å²) in [5, 5.41) is 0.161. The highest BCUT2D eigenvalue weighted by molar-refractivity contribution is 8.14. The van der Waals surface area contributed by atoms with Crippen molar-refractivity contribution >= 4 is 33.8 Å². The highest BCUT2D eigenvalue weighted by Crippen LogP contribution is 2.17. The Morgan fingerprint density at radius 1 is 0.833 bits per heavy atom. The topological polar surface area (TPSA) is 34.1 Å². The highest BCUT2D eigenvalue weighted by Gasteiger charge is 2.09. The van der Waals surface area contributed by atoms with Crippen molar-refractivity contribution in [1.29, 1.82) is 0 Å². The van der Waals surface area contributed by atoms with Crippen LogP contribution in [0.5, 0.6) is 0 Å². The summed E-state index contributed by atoms with van der Waals surface area (Å²) in [4.78, 5) is 23.5. The van der Waals surface area contributed by atoms with Crippen LogP contribution in [0.4, 0.5) is 0 Å². The average molecular weight is 282 g/mol. The second-order valence-electron chi connectivity index (χ2n) is 3.85. The number of benzene rings is 1. The predicted octanol–water partition coefficient (Wildman–Crippen LogP) is 4.25. The van der Waals surface area contributed by atoms with Gasteiger partial charge < -0.3 is 0 Å². The number of hydrogen-bond donors (Lipinski definition) is 0. The fourth-order valence-corrected chi connectivity index (χ4v) is 2.68. The third-order valence-electron chi connectivity index (χ3n) is 2.23. The van der Waals surface area contributed by atoms with Crippen molar-refractivity contribution in [2.75, 3.05) is 11.5 Å². The second-order valence-corrected chi connectivity index (χ2v) is 5.98. The highest BCUT2D eigenvalue weighted by atomic mass is 32.2. The second kappa shape index (κ2) is 8.38. The van der Waals surface area contributed by atoms with Crippen LogP contribution in [0.15, 0.2) is 24.3 Å². The quantitative estimate of drug-likeness (QED) is 0.781. The molecule has 0 aliphatic rings. The summed E-state index contributed by atoms with van der Waals surface area (Å²) in [7, 11) is 0. The first-order chi connectivity index (χ1) is 8.69. The van der Waals surface area contributed by atoms with Gasteiger partial charge in [0, 0.05) is 22.6 Å². The van der Waals surface area contributed by atoms with Gasteiger partial charge in [0.25, 0.3) is 0 Å². The van der Waals surface area contributed by atoms with Crippen LogP contribution in [0, 0.1) is 0 Å². The lowest BCUT2D eigenvalue weighted by Gasteiger charge is -2.02. The molecule has 0 bridgehead atoms. The number of hydrogen-bond acceptors (Lipinski definition) is 4. The molecule has 0 fully saturated rings. The third-order valence-corrected chi connectivity index (χ3v) is 4.45. The van der Waals surface area contributed by atoms with Crippen molar-refractivity contribution < 1.29 is 9.59 Å². The standard InChI is InChI=1S/C14H18O2S2/c1-3-9-17-13(15)11-5-7-12(8-6-11)14(16)18-10-4-2/h5-8H,3-4,9-10H2,1-2H3. The molecular weight excluding hydrogens is 264 g/mol. The van der Waals surface area contributed by atoms with E-state index < -0.39 is 0 Å². The van der Waals surface area contributed by atoms with Crippen molar-refractivity contribution in [3.05, 3.63) is 35.4 Å². The summed E-state index contributed by atoms with van der Waals surface area (Å²) in [6.07, 6.45) is 1.97. The minimum Gasteiger partial charge on any atom is -0.282 e. The molecule has 0 saturated carbocycles. The van der Waals surface area contributed by atoms with E-state index in [-0.39, 0.29) is 10.2 Å². The third kappa shape index (κ3) is 4.86. The Hall–Kier alpha value is -0.740. The van der Waals surface area contributed by atoms with Gasteiger partial charge in [-0.15, -0.1) is 0 Å². The molecule has 0 unspecified atom stereocenters. The van der Waals surface area contributed by atoms with E-state index in [0.29, 0.717) is 11.1 Å². The van der Waals surface area contributed by atoms with E-state index in [1.807, 2.05) is 13.8 Å². The Morgan fingerprint density at radius 3 is 1.44 bits per heavy atom. The Bertz CT molecular complexity index is 360. The molecule has 18 heavy (non-hydrogen) atoms. The van der Waals surface area contributed by atoms with Crippen molar-refractivity contribution in [3.8, 4) is 0 Å². The molecule has 98 valence electrons. The van der Waals surface area contributed by atoms with Crippen molar-refractivity contribution in [2.45, 2.75) is 26.7 Å². The zero-order valence-electron chi connectivity index (χ0n) is 10.8. The van der Waals surface area contributed by atoms with E-state index in [1.165, 1.54) is 23.5 Å². The fraction of sp³-hybridized carbons (Fsp3) is 0.429. The molecule has 0 aliphatic carbocycles. The normalized spacial score (nSPS) is 10.3. The van der Waals surface area contributed by atoms with Crippen LogP contribution in [-0.2, 0) is 0 Å². The lowest BCUT2D eigenvalue weighted by molar-refractivity contribution is 0.107. The minimum absolute atomic E-state index is 0.0806. The first-order valence-corrected chi connectivity index (χ1v) is 8.10. The largest absolute Gasteiger partial charge is 0.282 e. The first-order valence-electron chi connectivity index (χ1n) is 6.13. The SMILES string of the molecule is CCCSC(=O)c1ccc(C(=O)SCCC)cc1. The van der Waals surface area contributed by atoms with Crippen LogP contribution in [0.2, 0.25) is 0 Å². The van der Waals surface area contributed by atoms with Crippen molar-refractivity contribution in [2.24, 2.45) is 0 Å². The van der Waals surface area contributed by atoms with Crippen LogP contribution in [0.3, 0.4) is 0 Å². The molecule has 0 aliphatic heterocycles.